The summed E-state index contributed by atoms with van der Waals surface area (Å²) in [6.45, 7) is 3.71. The molecule has 18 heavy (non-hydrogen) atoms. The highest BCUT2D eigenvalue weighted by molar-refractivity contribution is 5.85. The van der Waals surface area contributed by atoms with Crippen molar-refractivity contribution < 1.29 is 14.1 Å². The van der Waals surface area contributed by atoms with E-state index in [1.807, 2.05) is 30.3 Å². The Morgan fingerprint density at radius 3 is 2.67 bits per heavy atom. The van der Waals surface area contributed by atoms with Crippen molar-refractivity contribution in [2.75, 3.05) is 5.32 Å². The Morgan fingerprint density at radius 2 is 2.06 bits per heavy atom. The molecular weight excluding hydrogens is 232 g/mol. The summed E-state index contributed by atoms with van der Waals surface area (Å²) in [5, 5.41) is 6.35. The molecular formula is C13H14N2O3. The van der Waals surface area contributed by atoms with Gasteiger partial charge in [-0.1, -0.05) is 35.5 Å². The van der Waals surface area contributed by atoms with Crippen molar-refractivity contribution in [3.05, 3.63) is 47.3 Å². The minimum absolute atomic E-state index is 0.232. The first-order valence-electron chi connectivity index (χ1n) is 5.57. The first-order valence-corrected chi connectivity index (χ1v) is 5.57. The van der Waals surface area contributed by atoms with Gasteiger partial charge in [0.2, 0.25) is 0 Å². The van der Waals surface area contributed by atoms with E-state index in [0.717, 1.165) is 5.56 Å². The molecule has 1 N–H and O–H groups in total. The van der Waals surface area contributed by atoms with Crippen LogP contribution >= 0.6 is 0 Å². The fourth-order valence-electron chi connectivity index (χ4n) is 1.52. The first-order chi connectivity index (χ1) is 8.66. The summed E-state index contributed by atoms with van der Waals surface area (Å²) in [6.07, 6.45) is -0.520. The lowest BCUT2D eigenvalue weighted by molar-refractivity contribution is 0.155. The van der Waals surface area contributed by atoms with Crippen molar-refractivity contribution in [3.63, 3.8) is 0 Å². The molecule has 2 aromatic rings. The predicted molar refractivity (Wildman–Crippen MR) is 66.2 cm³/mol. The van der Waals surface area contributed by atoms with E-state index in [0.29, 0.717) is 17.1 Å². The van der Waals surface area contributed by atoms with Crippen LogP contribution in [-0.2, 0) is 11.3 Å². The van der Waals surface area contributed by atoms with Gasteiger partial charge in [0.1, 0.15) is 18.0 Å². The largest absolute Gasteiger partial charge is 0.444 e. The molecule has 94 valence electrons. The second-order valence-corrected chi connectivity index (χ2v) is 3.89. The maximum atomic E-state index is 11.6. The zero-order chi connectivity index (χ0) is 13.0. The van der Waals surface area contributed by atoms with Crippen LogP contribution in [0.15, 0.2) is 34.9 Å². The molecule has 0 aliphatic carbocycles. The van der Waals surface area contributed by atoms with Crippen molar-refractivity contribution in [1.29, 1.82) is 0 Å². The van der Waals surface area contributed by atoms with Gasteiger partial charge >= 0.3 is 6.09 Å². The first kappa shape index (κ1) is 12.2. The minimum atomic E-state index is -0.520. The number of carbonyl (C=O) groups excluding carboxylic acids is 1. The second-order valence-electron chi connectivity index (χ2n) is 3.89. The molecule has 0 aliphatic heterocycles. The number of rotatable bonds is 3. The lowest BCUT2D eigenvalue weighted by Gasteiger charge is -2.06. The van der Waals surface area contributed by atoms with Crippen LogP contribution in [-0.4, -0.2) is 11.2 Å². The highest BCUT2D eigenvalue weighted by atomic mass is 16.5. The van der Waals surface area contributed by atoms with Gasteiger partial charge in [0.15, 0.2) is 5.76 Å². The van der Waals surface area contributed by atoms with E-state index in [1.54, 1.807) is 13.8 Å². The van der Waals surface area contributed by atoms with Crippen LogP contribution < -0.4 is 5.32 Å². The van der Waals surface area contributed by atoms with Crippen LogP contribution in [0.4, 0.5) is 10.5 Å². The third-order valence-electron chi connectivity index (χ3n) is 2.47. The Balaban J connectivity index is 1.90. The van der Waals surface area contributed by atoms with Crippen LogP contribution in [0.3, 0.4) is 0 Å². The number of amides is 1. The van der Waals surface area contributed by atoms with Crippen molar-refractivity contribution in [2.45, 2.75) is 20.5 Å². The number of aryl methyl sites for hydroxylation is 2. The molecule has 2 rings (SSSR count). The molecule has 0 saturated carbocycles. The number of ether oxygens (including phenoxy) is 1. The molecule has 0 bridgehead atoms. The van der Waals surface area contributed by atoms with Crippen LogP contribution in [0.1, 0.15) is 17.0 Å². The van der Waals surface area contributed by atoms with Gasteiger partial charge in [-0.3, -0.25) is 5.32 Å². The van der Waals surface area contributed by atoms with E-state index in [-0.39, 0.29) is 6.61 Å². The number of benzene rings is 1. The van der Waals surface area contributed by atoms with Crippen LogP contribution in [0.5, 0.6) is 0 Å². The van der Waals surface area contributed by atoms with Crippen molar-refractivity contribution in [2.24, 2.45) is 0 Å². The number of hydrogen-bond acceptors (Lipinski definition) is 4. The van der Waals surface area contributed by atoms with Gasteiger partial charge in [-0.2, -0.15) is 0 Å². The molecule has 1 amide bonds. The van der Waals surface area contributed by atoms with Crippen LogP contribution in [0.25, 0.3) is 0 Å². The van der Waals surface area contributed by atoms with E-state index in [9.17, 15) is 4.79 Å². The fraction of sp³-hybridized carbons (Fsp3) is 0.231. The average molecular weight is 246 g/mol. The van der Waals surface area contributed by atoms with Crippen molar-refractivity contribution in [1.82, 2.24) is 5.16 Å². The number of carbonyl (C=O) groups is 1. The van der Waals surface area contributed by atoms with Gasteiger partial charge in [0.05, 0.1) is 0 Å². The smallest absolute Gasteiger partial charge is 0.412 e. The molecule has 0 unspecified atom stereocenters. The van der Waals surface area contributed by atoms with E-state index >= 15 is 0 Å². The molecule has 5 nitrogen and oxygen atoms in total. The van der Waals surface area contributed by atoms with Gasteiger partial charge in [0, 0.05) is 0 Å². The monoisotopic (exact) mass is 246 g/mol. The third kappa shape index (κ3) is 2.88. The Hall–Kier alpha value is -2.30. The van der Waals surface area contributed by atoms with E-state index < -0.39 is 6.09 Å². The molecule has 0 fully saturated rings. The quantitative estimate of drug-likeness (QED) is 0.904. The number of nitrogens with zero attached hydrogens (tertiary/aromatic N) is 1. The highest BCUT2D eigenvalue weighted by Crippen LogP contribution is 2.18. The zero-order valence-corrected chi connectivity index (χ0v) is 10.3. The summed E-state index contributed by atoms with van der Waals surface area (Å²) < 4.78 is 10.0. The number of nitrogens with one attached hydrogen (secondary N) is 1. The molecule has 5 heteroatoms. The highest BCUT2D eigenvalue weighted by Gasteiger charge is 2.12. The number of anilines is 1. The Bertz CT molecular complexity index is 515. The minimum Gasteiger partial charge on any atom is -0.444 e. The normalized spacial score (nSPS) is 10.1. The Morgan fingerprint density at radius 1 is 1.33 bits per heavy atom. The maximum Gasteiger partial charge on any atom is 0.412 e. The van der Waals surface area contributed by atoms with Crippen LogP contribution in [0.2, 0.25) is 0 Å². The SMILES string of the molecule is Cc1noc(C)c1NC(=O)OCc1ccccc1. The summed E-state index contributed by atoms with van der Waals surface area (Å²) in [4.78, 5) is 11.6. The van der Waals surface area contributed by atoms with Gasteiger partial charge in [-0.25, -0.2) is 4.79 Å². The Labute approximate surface area is 105 Å². The van der Waals surface area contributed by atoms with Gasteiger partial charge in [-0.05, 0) is 19.4 Å². The molecule has 0 atom stereocenters. The average Bonchev–Trinajstić information content (AvgIpc) is 2.69. The molecule has 0 saturated heterocycles. The molecule has 0 spiro atoms. The van der Waals surface area contributed by atoms with E-state index in [2.05, 4.69) is 10.5 Å². The second kappa shape index (κ2) is 5.35. The summed E-state index contributed by atoms with van der Waals surface area (Å²) in [7, 11) is 0. The summed E-state index contributed by atoms with van der Waals surface area (Å²) >= 11 is 0. The number of hydrogen-bond donors (Lipinski definition) is 1. The summed E-state index contributed by atoms with van der Waals surface area (Å²) in [5.41, 5.74) is 2.13. The topological polar surface area (TPSA) is 64.4 Å². The standard InChI is InChI=1S/C13H14N2O3/c1-9-12(10(2)18-15-9)14-13(16)17-8-11-6-4-3-5-7-11/h3-7H,8H2,1-2H3,(H,14,16). The Kier molecular flexibility index (Phi) is 3.62. The predicted octanol–water partition coefficient (Wildman–Crippen LogP) is 3.04. The third-order valence-corrected chi connectivity index (χ3v) is 2.47. The van der Waals surface area contributed by atoms with E-state index in [1.165, 1.54) is 0 Å². The number of aromatic nitrogens is 1. The fourth-order valence-corrected chi connectivity index (χ4v) is 1.52. The molecule has 0 radical (unpaired) electrons. The van der Waals surface area contributed by atoms with Gasteiger partial charge < -0.3 is 9.26 Å². The molecule has 1 heterocycles. The van der Waals surface area contributed by atoms with E-state index in [4.69, 9.17) is 9.26 Å². The van der Waals surface area contributed by atoms with Crippen LogP contribution in [0, 0.1) is 13.8 Å². The van der Waals surface area contributed by atoms with Crippen molar-refractivity contribution >= 4 is 11.8 Å². The lowest BCUT2D eigenvalue weighted by Crippen LogP contribution is -2.14. The maximum absolute atomic E-state index is 11.6. The van der Waals surface area contributed by atoms with Gasteiger partial charge in [-0.15, -0.1) is 0 Å². The summed E-state index contributed by atoms with van der Waals surface area (Å²) in [6, 6.07) is 9.48. The van der Waals surface area contributed by atoms with Crippen molar-refractivity contribution in [3.8, 4) is 0 Å². The molecule has 1 aromatic carbocycles. The molecule has 0 aliphatic rings. The lowest BCUT2D eigenvalue weighted by atomic mass is 10.2. The zero-order valence-electron chi connectivity index (χ0n) is 10.3. The van der Waals surface area contributed by atoms with Gasteiger partial charge in [0.25, 0.3) is 0 Å². The summed E-state index contributed by atoms with van der Waals surface area (Å²) in [5.74, 6) is 0.559. The molecule has 1 aromatic heterocycles.